The molecule has 0 aromatic carbocycles. The normalized spacial score (nSPS) is 17.8. The van der Waals surface area contributed by atoms with Gasteiger partial charge in [-0.2, -0.15) is 0 Å². The summed E-state index contributed by atoms with van der Waals surface area (Å²) in [5, 5.41) is 0.719. The monoisotopic (exact) mass is 253 g/mol. The molecule has 0 saturated carbocycles. The van der Waals surface area contributed by atoms with E-state index in [1.807, 2.05) is 13.0 Å². The van der Waals surface area contributed by atoms with Crippen LogP contribution in [0.25, 0.3) is 0 Å². The number of nitrogens with zero attached hydrogens (tertiary/aromatic N) is 3. The van der Waals surface area contributed by atoms with Gasteiger partial charge < -0.3 is 4.90 Å². The second-order valence-electron chi connectivity index (χ2n) is 4.87. The first kappa shape index (κ1) is 12.7. The number of hydrogen-bond donors (Lipinski definition) is 0. The van der Waals surface area contributed by atoms with Crippen LogP contribution in [0.1, 0.15) is 19.5 Å². The second-order valence-corrected chi connectivity index (χ2v) is 5.31. The number of pyridine rings is 1. The van der Waals surface area contributed by atoms with Crippen LogP contribution < -0.4 is 4.90 Å². The second kappa shape index (κ2) is 5.23. The Morgan fingerprint density at radius 3 is 2.47 bits per heavy atom. The van der Waals surface area contributed by atoms with Gasteiger partial charge in [0.2, 0.25) is 0 Å². The average molecular weight is 254 g/mol. The van der Waals surface area contributed by atoms with E-state index in [0.29, 0.717) is 6.04 Å². The van der Waals surface area contributed by atoms with Crippen LogP contribution in [0.4, 0.5) is 5.69 Å². The predicted octanol–water partition coefficient (Wildman–Crippen LogP) is 2.57. The molecule has 3 nitrogen and oxygen atoms in total. The fraction of sp³-hybridized carbons (Fsp3) is 0.615. The van der Waals surface area contributed by atoms with Gasteiger partial charge in [-0.25, -0.2) is 0 Å². The van der Waals surface area contributed by atoms with Crippen LogP contribution in [-0.2, 0) is 0 Å². The third kappa shape index (κ3) is 2.90. The first-order chi connectivity index (χ1) is 8.08. The lowest BCUT2D eigenvalue weighted by Crippen LogP contribution is -2.49. The van der Waals surface area contributed by atoms with Crippen molar-refractivity contribution in [2.45, 2.75) is 26.8 Å². The third-order valence-electron chi connectivity index (χ3n) is 3.41. The molecule has 2 heterocycles. The van der Waals surface area contributed by atoms with Crippen molar-refractivity contribution in [2.24, 2.45) is 0 Å². The molecule has 1 aromatic rings. The SMILES string of the molecule is Cc1ncc(Cl)cc1N1CCN(C(C)C)CC1. The zero-order valence-electron chi connectivity index (χ0n) is 10.8. The van der Waals surface area contributed by atoms with Gasteiger partial charge in [-0.3, -0.25) is 9.88 Å². The van der Waals surface area contributed by atoms with Crippen LogP contribution in [0.3, 0.4) is 0 Å². The van der Waals surface area contributed by atoms with Gasteiger partial charge in [0.1, 0.15) is 0 Å². The van der Waals surface area contributed by atoms with Crippen molar-refractivity contribution in [2.75, 3.05) is 31.1 Å². The predicted molar refractivity (Wildman–Crippen MR) is 72.9 cm³/mol. The molecule has 1 aliphatic heterocycles. The maximum absolute atomic E-state index is 6.02. The lowest BCUT2D eigenvalue weighted by molar-refractivity contribution is 0.209. The van der Waals surface area contributed by atoms with E-state index in [2.05, 4.69) is 28.6 Å². The Labute approximate surface area is 108 Å². The molecule has 1 aliphatic rings. The lowest BCUT2D eigenvalue weighted by atomic mass is 10.2. The highest BCUT2D eigenvalue weighted by Gasteiger charge is 2.20. The Kier molecular flexibility index (Phi) is 3.89. The van der Waals surface area contributed by atoms with Gasteiger partial charge in [-0.15, -0.1) is 0 Å². The van der Waals surface area contributed by atoms with Gasteiger partial charge in [0.25, 0.3) is 0 Å². The minimum Gasteiger partial charge on any atom is -0.367 e. The van der Waals surface area contributed by atoms with E-state index in [1.54, 1.807) is 6.20 Å². The summed E-state index contributed by atoms with van der Waals surface area (Å²) in [6.45, 7) is 10.9. The molecule has 17 heavy (non-hydrogen) atoms. The van der Waals surface area contributed by atoms with E-state index >= 15 is 0 Å². The molecule has 0 N–H and O–H groups in total. The molecule has 2 rings (SSSR count). The van der Waals surface area contributed by atoms with Crippen LogP contribution in [0, 0.1) is 6.92 Å². The van der Waals surface area contributed by atoms with E-state index < -0.39 is 0 Å². The number of rotatable bonds is 2. The van der Waals surface area contributed by atoms with Crippen molar-refractivity contribution < 1.29 is 0 Å². The topological polar surface area (TPSA) is 19.4 Å². The van der Waals surface area contributed by atoms with Crippen molar-refractivity contribution in [1.82, 2.24) is 9.88 Å². The maximum atomic E-state index is 6.02. The summed E-state index contributed by atoms with van der Waals surface area (Å²) in [5.41, 5.74) is 2.24. The van der Waals surface area contributed by atoms with E-state index in [0.717, 1.165) is 36.9 Å². The van der Waals surface area contributed by atoms with E-state index in [-0.39, 0.29) is 0 Å². The van der Waals surface area contributed by atoms with Crippen LogP contribution in [-0.4, -0.2) is 42.1 Å². The van der Waals surface area contributed by atoms with Crippen LogP contribution in [0.15, 0.2) is 12.3 Å². The smallest absolute Gasteiger partial charge is 0.0610 e. The standard InChI is InChI=1S/C13H20ClN3/c1-10(2)16-4-6-17(7-5-16)13-8-12(14)9-15-11(13)3/h8-10H,4-7H2,1-3H3. The fourth-order valence-corrected chi connectivity index (χ4v) is 2.45. The molecule has 0 atom stereocenters. The number of hydrogen-bond acceptors (Lipinski definition) is 3. The highest BCUT2D eigenvalue weighted by molar-refractivity contribution is 6.30. The van der Waals surface area contributed by atoms with Gasteiger partial charge in [0.05, 0.1) is 16.4 Å². The molecule has 1 aromatic heterocycles. The molecule has 1 saturated heterocycles. The third-order valence-corrected chi connectivity index (χ3v) is 3.62. The summed E-state index contributed by atoms with van der Waals surface area (Å²) in [7, 11) is 0. The van der Waals surface area contributed by atoms with Gasteiger partial charge in [-0.1, -0.05) is 11.6 Å². The van der Waals surface area contributed by atoms with Gasteiger partial charge in [-0.05, 0) is 26.8 Å². The minimum atomic E-state index is 0.635. The zero-order valence-corrected chi connectivity index (χ0v) is 11.5. The van der Waals surface area contributed by atoms with Gasteiger partial charge >= 0.3 is 0 Å². The molecule has 0 radical (unpaired) electrons. The molecular weight excluding hydrogens is 234 g/mol. The summed E-state index contributed by atoms with van der Waals surface area (Å²) < 4.78 is 0. The van der Waals surface area contributed by atoms with E-state index in [9.17, 15) is 0 Å². The lowest BCUT2D eigenvalue weighted by Gasteiger charge is -2.38. The Morgan fingerprint density at radius 2 is 1.88 bits per heavy atom. The molecule has 0 amide bonds. The summed E-state index contributed by atoms with van der Waals surface area (Å²) in [6.07, 6.45) is 1.71. The first-order valence-electron chi connectivity index (χ1n) is 6.19. The van der Waals surface area contributed by atoms with Crippen molar-refractivity contribution in [1.29, 1.82) is 0 Å². The molecule has 0 spiro atoms. The quantitative estimate of drug-likeness (QED) is 0.808. The number of piperazine rings is 1. The minimum absolute atomic E-state index is 0.635. The number of aryl methyl sites for hydroxylation is 1. The van der Waals surface area contributed by atoms with E-state index in [4.69, 9.17) is 11.6 Å². The Bertz CT molecular complexity index is 384. The van der Waals surface area contributed by atoms with Crippen LogP contribution in [0.5, 0.6) is 0 Å². The molecule has 0 bridgehead atoms. The molecule has 1 fully saturated rings. The molecular formula is C13H20ClN3. The molecule has 94 valence electrons. The number of anilines is 1. The largest absolute Gasteiger partial charge is 0.367 e. The van der Waals surface area contributed by atoms with E-state index in [1.165, 1.54) is 5.69 Å². The Morgan fingerprint density at radius 1 is 1.24 bits per heavy atom. The summed E-state index contributed by atoms with van der Waals surface area (Å²) in [5.74, 6) is 0. The van der Waals surface area contributed by atoms with Crippen molar-refractivity contribution in [3.8, 4) is 0 Å². The van der Waals surface area contributed by atoms with Crippen molar-refractivity contribution in [3.63, 3.8) is 0 Å². The van der Waals surface area contributed by atoms with Crippen LogP contribution in [0.2, 0.25) is 5.02 Å². The zero-order chi connectivity index (χ0) is 12.4. The summed E-state index contributed by atoms with van der Waals surface area (Å²) >= 11 is 6.02. The molecule has 0 unspecified atom stereocenters. The summed E-state index contributed by atoms with van der Waals surface area (Å²) in [4.78, 5) is 9.21. The van der Waals surface area contributed by atoms with Crippen molar-refractivity contribution in [3.05, 3.63) is 23.0 Å². The highest BCUT2D eigenvalue weighted by atomic mass is 35.5. The first-order valence-corrected chi connectivity index (χ1v) is 6.57. The van der Waals surface area contributed by atoms with Gasteiger partial charge in [0, 0.05) is 38.4 Å². The fourth-order valence-electron chi connectivity index (χ4n) is 2.30. The van der Waals surface area contributed by atoms with Crippen LogP contribution >= 0.6 is 11.6 Å². The van der Waals surface area contributed by atoms with Crippen molar-refractivity contribution >= 4 is 17.3 Å². The maximum Gasteiger partial charge on any atom is 0.0610 e. The summed E-state index contributed by atoms with van der Waals surface area (Å²) in [6, 6.07) is 2.66. The molecule has 4 heteroatoms. The Balaban J connectivity index is 2.07. The number of halogens is 1. The average Bonchev–Trinajstić information content (AvgIpc) is 2.32. The van der Waals surface area contributed by atoms with Gasteiger partial charge in [0.15, 0.2) is 0 Å². The highest BCUT2D eigenvalue weighted by Crippen LogP contribution is 2.23. The number of aromatic nitrogens is 1. The molecule has 0 aliphatic carbocycles. The Hall–Kier alpha value is -0.800.